The van der Waals surface area contributed by atoms with E-state index in [-0.39, 0.29) is 5.82 Å². The van der Waals surface area contributed by atoms with Crippen molar-refractivity contribution in [1.82, 2.24) is 0 Å². The van der Waals surface area contributed by atoms with Gasteiger partial charge in [0.25, 0.3) is 0 Å². The molecule has 0 saturated heterocycles. The normalized spacial score (nSPS) is 12.8. The SMILES string of the molecule is Fc1c(Br)cccc1C(Cl)c1ccc(Br)s1. The van der Waals surface area contributed by atoms with Crippen molar-refractivity contribution in [3.8, 4) is 0 Å². The van der Waals surface area contributed by atoms with Crippen LogP contribution in [-0.2, 0) is 0 Å². The third-order valence-electron chi connectivity index (χ3n) is 2.10. The molecule has 0 N–H and O–H groups in total. The van der Waals surface area contributed by atoms with Crippen molar-refractivity contribution in [2.75, 3.05) is 0 Å². The number of rotatable bonds is 2. The minimum absolute atomic E-state index is 0.299. The highest BCUT2D eigenvalue weighted by Crippen LogP contribution is 2.37. The fourth-order valence-electron chi connectivity index (χ4n) is 1.33. The number of thiophene rings is 1. The summed E-state index contributed by atoms with van der Waals surface area (Å²) < 4.78 is 15.2. The van der Waals surface area contributed by atoms with Crippen molar-refractivity contribution >= 4 is 54.8 Å². The summed E-state index contributed by atoms with van der Waals surface area (Å²) in [6.07, 6.45) is 0. The average Bonchev–Trinajstić information content (AvgIpc) is 2.68. The predicted octanol–water partition coefficient (Wildman–Crippen LogP) is 5.74. The Morgan fingerprint density at radius 1 is 1.19 bits per heavy atom. The molecule has 1 aromatic carbocycles. The van der Waals surface area contributed by atoms with Gasteiger partial charge in [-0.3, -0.25) is 0 Å². The molecule has 2 aromatic rings. The zero-order valence-electron chi connectivity index (χ0n) is 7.88. The summed E-state index contributed by atoms with van der Waals surface area (Å²) in [5.41, 5.74) is 0.491. The molecule has 0 fully saturated rings. The highest BCUT2D eigenvalue weighted by molar-refractivity contribution is 9.11. The summed E-state index contributed by atoms with van der Waals surface area (Å²) in [5, 5.41) is -0.450. The Bertz CT molecular complexity index is 512. The molecule has 0 bridgehead atoms. The monoisotopic (exact) mass is 382 g/mol. The van der Waals surface area contributed by atoms with Crippen LogP contribution in [-0.4, -0.2) is 0 Å². The summed E-state index contributed by atoms with van der Waals surface area (Å²) in [7, 11) is 0. The van der Waals surface area contributed by atoms with E-state index in [4.69, 9.17) is 11.6 Å². The maximum atomic E-state index is 13.8. The molecular formula is C11H6Br2ClFS. The summed E-state index contributed by atoms with van der Waals surface area (Å²) >= 11 is 14.3. The van der Waals surface area contributed by atoms with Crippen molar-refractivity contribution < 1.29 is 4.39 Å². The van der Waals surface area contributed by atoms with Gasteiger partial charge in [0.05, 0.1) is 13.6 Å². The molecule has 2 rings (SSSR count). The molecule has 0 aliphatic rings. The first-order chi connectivity index (χ1) is 7.59. The first kappa shape index (κ1) is 12.6. The van der Waals surface area contributed by atoms with Crippen LogP contribution in [0.5, 0.6) is 0 Å². The average molecular weight is 384 g/mol. The summed E-state index contributed by atoms with van der Waals surface area (Å²) in [6.45, 7) is 0. The van der Waals surface area contributed by atoms with Crippen LogP contribution >= 0.6 is 54.8 Å². The van der Waals surface area contributed by atoms with Crippen LogP contribution in [0.1, 0.15) is 15.8 Å². The van der Waals surface area contributed by atoms with Crippen molar-refractivity contribution in [3.63, 3.8) is 0 Å². The number of benzene rings is 1. The van der Waals surface area contributed by atoms with Gasteiger partial charge in [-0.15, -0.1) is 22.9 Å². The molecule has 0 spiro atoms. The summed E-state index contributed by atoms with van der Waals surface area (Å²) in [4.78, 5) is 0.922. The first-order valence-electron chi connectivity index (χ1n) is 4.43. The van der Waals surface area contributed by atoms with Gasteiger partial charge in [-0.05, 0) is 50.1 Å². The van der Waals surface area contributed by atoms with E-state index in [1.54, 1.807) is 18.2 Å². The number of halogens is 4. The van der Waals surface area contributed by atoms with E-state index < -0.39 is 5.38 Å². The van der Waals surface area contributed by atoms with Gasteiger partial charge in [0.1, 0.15) is 5.82 Å². The number of hydrogen-bond donors (Lipinski definition) is 0. The van der Waals surface area contributed by atoms with Crippen molar-refractivity contribution in [1.29, 1.82) is 0 Å². The van der Waals surface area contributed by atoms with Gasteiger partial charge in [0.2, 0.25) is 0 Å². The second-order valence-electron chi connectivity index (χ2n) is 3.15. The van der Waals surface area contributed by atoms with E-state index in [1.165, 1.54) is 11.3 Å². The van der Waals surface area contributed by atoms with E-state index >= 15 is 0 Å². The molecule has 1 unspecified atom stereocenters. The molecule has 0 nitrogen and oxygen atoms in total. The second-order valence-corrected chi connectivity index (χ2v) is 6.93. The zero-order valence-corrected chi connectivity index (χ0v) is 12.6. The maximum absolute atomic E-state index is 13.8. The molecule has 16 heavy (non-hydrogen) atoms. The predicted molar refractivity (Wildman–Crippen MR) is 73.8 cm³/mol. The highest BCUT2D eigenvalue weighted by atomic mass is 79.9. The second kappa shape index (κ2) is 5.17. The summed E-state index contributed by atoms with van der Waals surface area (Å²) in [6, 6.07) is 8.94. The van der Waals surface area contributed by atoms with E-state index in [0.29, 0.717) is 10.0 Å². The first-order valence-corrected chi connectivity index (χ1v) is 7.26. The molecule has 0 amide bonds. The third kappa shape index (κ3) is 2.50. The van der Waals surface area contributed by atoms with Crippen LogP contribution in [0.15, 0.2) is 38.6 Å². The smallest absolute Gasteiger partial charge is 0.142 e. The number of alkyl halides is 1. The van der Waals surface area contributed by atoms with E-state index in [1.807, 2.05) is 12.1 Å². The Morgan fingerprint density at radius 2 is 1.94 bits per heavy atom. The van der Waals surface area contributed by atoms with E-state index in [9.17, 15) is 4.39 Å². The lowest BCUT2D eigenvalue weighted by Gasteiger charge is -2.09. The van der Waals surface area contributed by atoms with Gasteiger partial charge in [-0.2, -0.15) is 0 Å². The molecule has 1 aromatic heterocycles. The van der Waals surface area contributed by atoms with E-state index in [2.05, 4.69) is 31.9 Å². The minimum Gasteiger partial charge on any atom is -0.205 e. The molecular weight excluding hydrogens is 378 g/mol. The third-order valence-corrected chi connectivity index (χ3v) is 5.00. The maximum Gasteiger partial charge on any atom is 0.142 e. The fraction of sp³-hybridized carbons (Fsp3) is 0.0909. The topological polar surface area (TPSA) is 0 Å². The van der Waals surface area contributed by atoms with Gasteiger partial charge in [-0.1, -0.05) is 12.1 Å². The van der Waals surface area contributed by atoms with Gasteiger partial charge in [-0.25, -0.2) is 4.39 Å². The Kier molecular flexibility index (Phi) is 4.06. The lowest BCUT2D eigenvalue weighted by molar-refractivity contribution is 0.606. The van der Waals surface area contributed by atoms with Crippen LogP contribution in [0.25, 0.3) is 0 Å². The Labute approximate surface area is 119 Å². The molecule has 0 saturated carbocycles. The van der Waals surface area contributed by atoms with Gasteiger partial charge in [0.15, 0.2) is 0 Å². The quantitative estimate of drug-likeness (QED) is 0.579. The Morgan fingerprint density at radius 3 is 2.56 bits per heavy atom. The van der Waals surface area contributed by atoms with Crippen LogP contribution < -0.4 is 0 Å². The molecule has 84 valence electrons. The van der Waals surface area contributed by atoms with Gasteiger partial charge >= 0.3 is 0 Å². The molecule has 1 atom stereocenters. The minimum atomic E-state index is -0.450. The van der Waals surface area contributed by atoms with Crippen LogP contribution in [0.2, 0.25) is 0 Å². The zero-order chi connectivity index (χ0) is 11.7. The van der Waals surface area contributed by atoms with Crippen LogP contribution in [0, 0.1) is 5.82 Å². The largest absolute Gasteiger partial charge is 0.205 e. The van der Waals surface area contributed by atoms with Gasteiger partial charge < -0.3 is 0 Å². The molecule has 0 aliphatic carbocycles. The molecule has 0 aliphatic heterocycles. The molecule has 0 radical (unpaired) electrons. The van der Waals surface area contributed by atoms with E-state index in [0.717, 1.165) is 8.66 Å². The fourth-order valence-corrected chi connectivity index (χ4v) is 3.51. The van der Waals surface area contributed by atoms with Crippen molar-refractivity contribution in [3.05, 3.63) is 54.8 Å². The lowest BCUT2D eigenvalue weighted by atomic mass is 10.1. The Balaban J connectivity index is 2.41. The molecule has 5 heteroatoms. The van der Waals surface area contributed by atoms with Crippen LogP contribution in [0.3, 0.4) is 0 Å². The van der Waals surface area contributed by atoms with Gasteiger partial charge in [0, 0.05) is 10.4 Å². The number of hydrogen-bond acceptors (Lipinski definition) is 1. The lowest BCUT2D eigenvalue weighted by Crippen LogP contribution is -1.95. The Hall–Kier alpha value is 0.1000. The highest BCUT2D eigenvalue weighted by Gasteiger charge is 2.18. The summed E-state index contributed by atoms with van der Waals surface area (Å²) in [5.74, 6) is -0.299. The molecule has 1 heterocycles. The van der Waals surface area contributed by atoms with Crippen molar-refractivity contribution in [2.45, 2.75) is 5.38 Å². The standard InChI is InChI=1S/C11H6Br2ClFS/c12-7-3-1-2-6(11(7)15)10(14)8-4-5-9(13)16-8/h1-5,10H. The van der Waals surface area contributed by atoms with Crippen LogP contribution in [0.4, 0.5) is 4.39 Å². The van der Waals surface area contributed by atoms with Crippen molar-refractivity contribution in [2.24, 2.45) is 0 Å².